The van der Waals surface area contributed by atoms with Gasteiger partial charge in [-0.25, -0.2) is 0 Å². The van der Waals surface area contributed by atoms with Crippen LogP contribution in [0, 0.1) is 0 Å². The number of hydrogen-bond acceptors (Lipinski definition) is 3. The average Bonchev–Trinajstić information content (AvgIpc) is 3.24. The smallest absolute Gasteiger partial charge is 0.255 e. The summed E-state index contributed by atoms with van der Waals surface area (Å²) in [6.07, 6.45) is -0.443. The van der Waals surface area contributed by atoms with Crippen molar-refractivity contribution < 1.29 is 9.59 Å². The van der Waals surface area contributed by atoms with Gasteiger partial charge in [-0.2, -0.15) is 0 Å². The van der Waals surface area contributed by atoms with Gasteiger partial charge in [-0.3, -0.25) is 9.59 Å². The van der Waals surface area contributed by atoms with E-state index in [9.17, 15) is 9.59 Å². The number of amides is 2. The number of hydrogen-bond donors (Lipinski definition) is 0. The molecule has 3 aromatic rings. The van der Waals surface area contributed by atoms with Crippen molar-refractivity contribution in [2.75, 3.05) is 32.1 Å². The van der Waals surface area contributed by atoms with Crippen molar-refractivity contribution in [2.24, 2.45) is 0 Å². The molecule has 0 spiro atoms. The van der Waals surface area contributed by atoms with E-state index in [-0.39, 0.29) is 11.8 Å². The maximum absolute atomic E-state index is 13.3. The van der Waals surface area contributed by atoms with Crippen molar-refractivity contribution in [1.29, 1.82) is 0 Å². The molecule has 2 amide bonds. The molecule has 3 aromatic carbocycles. The van der Waals surface area contributed by atoms with Gasteiger partial charge >= 0.3 is 0 Å². The topological polar surface area (TPSA) is 43.9 Å². The Kier molecular flexibility index (Phi) is 5.53. The number of rotatable bonds is 4. The van der Waals surface area contributed by atoms with Crippen LogP contribution in [-0.2, 0) is 0 Å². The molecule has 1 saturated heterocycles. The molecule has 0 radical (unpaired) electrons. The van der Waals surface area contributed by atoms with Gasteiger partial charge in [0.15, 0.2) is 0 Å². The lowest BCUT2D eigenvalue weighted by molar-refractivity contribution is 0.0545. The highest BCUT2D eigenvalue weighted by Crippen LogP contribution is 2.33. The number of nitrogens with zero attached hydrogens (tertiary/aromatic N) is 3. The van der Waals surface area contributed by atoms with Crippen LogP contribution < -0.4 is 4.90 Å². The molecule has 5 heteroatoms. The van der Waals surface area contributed by atoms with Crippen LogP contribution in [0.25, 0.3) is 0 Å². The molecule has 0 bridgehead atoms. The second-order valence-corrected chi connectivity index (χ2v) is 7.59. The second-order valence-electron chi connectivity index (χ2n) is 7.59. The second kappa shape index (κ2) is 8.41. The Bertz CT molecular complexity index is 958. The van der Waals surface area contributed by atoms with Crippen molar-refractivity contribution in [3.05, 3.63) is 102 Å². The van der Waals surface area contributed by atoms with Crippen molar-refractivity contribution in [2.45, 2.75) is 6.17 Å². The zero-order valence-corrected chi connectivity index (χ0v) is 17.2. The van der Waals surface area contributed by atoms with Crippen molar-refractivity contribution >= 4 is 17.5 Å². The Labute approximate surface area is 177 Å². The summed E-state index contributed by atoms with van der Waals surface area (Å²) >= 11 is 0. The zero-order chi connectivity index (χ0) is 21.1. The Morgan fingerprint density at radius 1 is 0.700 bits per heavy atom. The molecule has 152 valence electrons. The lowest BCUT2D eigenvalue weighted by Crippen LogP contribution is -2.38. The van der Waals surface area contributed by atoms with E-state index in [0.29, 0.717) is 24.2 Å². The predicted molar refractivity (Wildman–Crippen MR) is 118 cm³/mol. The highest BCUT2D eigenvalue weighted by Gasteiger charge is 2.39. The van der Waals surface area contributed by atoms with Crippen LogP contribution in [0.1, 0.15) is 32.4 Å². The molecule has 0 unspecified atom stereocenters. The van der Waals surface area contributed by atoms with E-state index in [1.165, 1.54) is 0 Å². The van der Waals surface area contributed by atoms with E-state index < -0.39 is 6.17 Å². The van der Waals surface area contributed by atoms with Gasteiger partial charge in [-0.05, 0) is 42.0 Å². The third kappa shape index (κ3) is 3.79. The predicted octanol–water partition coefficient (Wildman–Crippen LogP) is 4.05. The van der Waals surface area contributed by atoms with Crippen LogP contribution in [0.4, 0.5) is 5.69 Å². The van der Waals surface area contributed by atoms with Gasteiger partial charge in [0.1, 0.15) is 6.17 Å². The zero-order valence-electron chi connectivity index (χ0n) is 17.2. The van der Waals surface area contributed by atoms with E-state index >= 15 is 0 Å². The molecular weight excluding hydrogens is 374 g/mol. The summed E-state index contributed by atoms with van der Waals surface area (Å²) in [4.78, 5) is 32.2. The van der Waals surface area contributed by atoms with Crippen LogP contribution >= 0.6 is 0 Å². The molecule has 4 rings (SSSR count). The summed E-state index contributed by atoms with van der Waals surface area (Å²) in [5, 5.41) is 0. The Morgan fingerprint density at radius 2 is 1.13 bits per heavy atom. The Hall–Kier alpha value is -3.60. The average molecular weight is 399 g/mol. The maximum Gasteiger partial charge on any atom is 0.255 e. The van der Waals surface area contributed by atoms with E-state index in [4.69, 9.17) is 0 Å². The molecule has 0 aromatic heterocycles. The van der Waals surface area contributed by atoms with E-state index in [0.717, 1.165) is 11.3 Å². The van der Waals surface area contributed by atoms with Gasteiger partial charge in [0.25, 0.3) is 11.8 Å². The SMILES string of the molecule is CN(C)c1ccc(C2N(C(=O)c3ccccc3)CCN2C(=O)c2ccccc2)cc1. The van der Waals surface area contributed by atoms with Crippen LogP contribution in [0.15, 0.2) is 84.9 Å². The number of benzene rings is 3. The highest BCUT2D eigenvalue weighted by atomic mass is 16.2. The third-order valence-corrected chi connectivity index (χ3v) is 5.44. The molecule has 0 atom stereocenters. The van der Waals surface area contributed by atoms with Gasteiger partial charge in [-0.1, -0.05) is 48.5 Å². The first-order chi connectivity index (χ1) is 14.6. The Morgan fingerprint density at radius 3 is 1.53 bits per heavy atom. The normalized spacial score (nSPS) is 14.1. The summed E-state index contributed by atoms with van der Waals surface area (Å²) in [5.41, 5.74) is 3.24. The lowest BCUT2D eigenvalue weighted by Gasteiger charge is -2.31. The van der Waals surface area contributed by atoms with Crippen molar-refractivity contribution in [3.63, 3.8) is 0 Å². The number of carbonyl (C=O) groups is 2. The number of carbonyl (C=O) groups excluding carboxylic acids is 2. The molecule has 0 saturated carbocycles. The molecule has 30 heavy (non-hydrogen) atoms. The molecule has 1 aliphatic rings. The fourth-order valence-corrected chi connectivity index (χ4v) is 3.85. The molecule has 1 fully saturated rings. The molecule has 0 N–H and O–H groups in total. The first-order valence-electron chi connectivity index (χ1n) is 10.1. The number of anilines is 1. The van der Waals surface area contributed by atoms with Gasteiger partial charge in [0, 0.05) is 44.0 Å². The minimum Gasteiger partial charge on any atom is -0.378 e. The van der Waals surface area contributed by atoms with Crippen molar-refractivity contribution in [3.8, 4) is 0 Å². The molecule has 5 nitrogen and oxygen atoms in total. The minimum atomic E-state index is -0.443. The summed E-state index contributed by atoms with van der Waals surface area (Å²) < 4.78 is 0. The van der Waals surface area contributed by atoms with Crippen LogP contribution in [-0.4, -0.2) is 48.8 Å². The summed E-state index contributed by atoms with van der Waals surface area (Å²) in [6, 6.07) is 26.5. The first-order valence-corrected chi connectivity index (χ1v) is 10.1. The van der Waals surface area contributed by atoms with Crippen molar-refractivity contribution in [1.82, 2.24) is 9.80 Å². The molecular formula is C25H25N3O2. The van der Waals surface area contributed by atoms with E-state index in [1.807, 2.05) is 104 Å². The van der Waals surface area contributed by atoms with Crippen LogP contribution in [0.3, 0.4) is 0 Å². The third-order valence-electron chi connectivity index (χ3n) is 5.44. The molecule has 0 aliphatic carbocycles. The van der Waals surface area contributed by atoms with Crippen LogP contribution in [0.5, 0.6) is 0 Å². The monoisotopic (exact) mass is 399 g/mol. The fourth-order valence-electron chi connectivity index (χ4n) is 3.85. The summed E-state index contributed by atoms with van der Waals surface area (Å²) in [7, 11) is 3.97. The quantitative estimate of drug-likeness (QED) is 0.665. The standard InChI is InChI=1S/C25H25N3O2/c1-26(2)22-15-13-19(14-16-22)23-27(24(29)20-9-5-3-6-10-20)17-18-28(23)25(30)21-11-7-4-8-12-21/h3-16,23H,17-18H2,1-2H3. The van der Waals surface area contributed by atoms with Gasteiger partial charge in [0.05, 0.1) is 0 Å². The highest BCUT2D eigenvalue weighted by molar-refractivity contribution is 5.97. The molecule has 1 heterocycles. The van der Waals surface area contributed by atoms with E-state index in [2.05, 4.69) is 0 Å². The molecule has 1 aliphatic heterocycles. The van der Waals surface area contributed by atoms with Crippen LogP contribution in [0.2, 0.25) is 0 Å². The summed E-state index contributed by atoms with van der Waals surface area (Å²) in [6.45, 7) is 0.985. The van der Waals surface area contributed by atoms with Gasteiger partial charge < -0.3 is 14.7 Å². The summed E-state index contributed by atoms with van der Waals surface area (Å²) in [5.74, 6) is -0.138. The fraction of sp³-hybridized carbons (Fsp3) is 0.200. The van der Waals surface area contributed by atoms with Gasteiger partial charge in [0.2, 0.25) is 0 Å². The lowest BCUT2D eigenvalue weighted by atomic mass is 10.1. The maximum atomic E-state index is 13.3. The largest absolute Gasteiger partial charge is 0.378 e. The van der Waals surface area contributed by atoms with Gasteiger partial charge in [-0.15, -0.1) is 0 Å². The Balaban J connectivity index is 1.71. The first kappa shape index (κ1) is 19.7. The van der Waals surface area contributed by atoms with E-state index in [1.54, 1.807) is 9.80 Å². The minimum absolute atomic E-state index is 0.0688.